The van der Waals surface area contributed by atoms with Crippen LogP contribution in [0.4, 0.5) is 22.4 Å². The predicted octanol–water partition coefficient (Wildman–Crippen LogP) is 6.56. The Balaban J connectivity index is 0.000000370. The fourth-order valence-corrected chi connectivity index (χ4v) is 3.71. The lowest BCUT2D eigenvalue weighted by atomic mass is 10.1. The van der Waals surface area contributed by atoms with Gasteiger partial charge in [0.2, 0.25) is 0 Å². The molecular formula is C23H25BrCl2F4N4O5. The van der Waals surface area contributed by atoms with Gasteiger partial charge in [0.25, 0.3) is 5.91 Å². The van der Waals surface area contributed by atoms with Gasteiger partial charge in [-0.05, 0) is 49.5 Å². The van der Waals surface area contributed by atoms with Crippen molar-refractivity contribution in [1.82, 2.24) is 20.2 Å². The number of rotatable bonds is 6. The van der Waals surface area contributed by atoms with Crippen LogP contribution in [0.25, 0.3) is 0 Å². The summed E-state index contributed by atoms with van der Waals surface area (Å²) in [5.74, 6) is -0.929. The van der Waals surface area contributed by atoms with Crippen molar-refractivity contribution in [2.24, 2.45) is 0 Å². The van der Waals surface area contributed by atoms with Gasteiger partial charge in [0, 0.05) is 31.3 Å². The number of ether oxygens (including phenoxy) is 3. The maximum atomic E-state index is 12.4. The van der Waals surface area contributed by atoms with E-state index in [1.165, 1.54) is 12.3 Å². The molecule has 0 unspecified atom stereocenters. The van der Waals surface area contributed by atoms with Gasteiger partial charge in [0.05, 0.1) is 12.4 Å². The topological polar surface area (TPSA) is 103 Å². The van der Waals surface area contributed by atoms with Gasteiger partial charge in [-0.1, -0.05) is 23.2 Å². The number of hydrogen-bond acceptors (Lipinski definition) is 7. The van der Waals surface area contributed by atoms with E-state index in [1.54, 1.807) is 25.7 Å². The van der Waals surface area contributed by atoms with E-state index in [9.17, 15) is 27.2 Å². The van der Waals surface area contributed by atoms with E-state index in [1.807, 2.05) is 0 Å². The van der Waals surface area contributed by atoms with E-state index in [-0.39, 0.29) is 39.4 Å². The fourth-order valence-electron chi connectivity index (χ4n) is 3.11. The van der Waals surface area contributed by atoms with Crippen LogP contribution in [-0.4, -0.2) is 64.8 Å². The lowest BCUT2D eigenvalue weighted by molar-refractivity contribution is -0.0505. The highest BCUT2D eigenvalue weighted by molar-refractivity contribution is 9.10. The maximum Gasteiger partial charge on any atom is 0.410 e. The van der Waals surface area contributed by atoms with Crippen LogP contribution in [0.1, 0.15) is 44.1 Å². The molecule has 1 saturated heterocycles. The molecule has 0 spiro atoms. The molecule has 0 aromatic carbocycles. The third kappa shape index (κ3) is 11.6. The number of alkyl halides is 4. The van der Waals surface area contributed by atoms with Crippen LogP contribution in [-0.2, 0) is 4.74 Å². The molecule has 39 heavy (non-hydrogen) atoms. The average Bonchev–Trinajstić information content (AvgIpc) is 2.82. The number of carbonyl (C=O) groups excluding carboxylic acids is 2. The summed E-state index contributed by atoms with van der Waals surface area (Å²) < 4.78 is 62.2. The highest BCUT2D eigenvalue weighted by Gasteiger charge is 2.28. The molecule has 0 atom stereocenters. The minimum absolute atomic E-state index is 0.0542. The molecule has 3 rings (SSSR count). The lowest BCUT2D eigenvalue weighted by Gasteiger charge is -2.33. The number of carbonyl (C=O) groups is 2. The second-order valence-electron chi connectivity index (χ2n) is 8.91. The Morgan fingerprint density at radius 3 is 2.03 bits per heavy atom. The molecule has 1 aliphatic rings. The molecule has 0 bridgehead atoms. The molecule has 16 heteroatoms. The number of hydrogen-bond donors (Lipinski definition) is 1. The largest absolute Gasteiger partial charge is 0.444 e. The Kier molecular flexibility index (Phi) is 12.3. The van der Waals surface area contributed by atoms with Crippen LogP contribution in [0.3, 0.4) is 0 Å². The molecule has 216 valence electrons. The van der Waals surface area contributed by atoms with Crippen LogP contribution in [0.2, 0.25) is 10.0 Å². The van der Waals surface area contributed by atoms with E-state index < -0.39 is 24.7 Å². The number of amides is 2. The van der Waals surface area contributed by atoms with Crippen molar-refractivity contribution in [2.75, 3.05) is 13.1 Å². The lowest BCUT2D eigenvalue weighted by Crippen LogP contribution is -2.47. The summed E-state index contributed by atoms with van der Waals surface area (Å²) in [6, 6.07) is 2.17. The molecule has 2 amide bonds. The maximum absolute atomic E-state index is 12.4. The number of nitrogens with zero attached hydrogens (tertiary/aromatic N) is 3. The van der Waals surface area contributed by atoms with Crippen LogP contribution in [0.15, 0.2) is 29.1 Å². The van der Waals surface area contributed by atoms with Gasteiger partial charge in [-0.2, -0.15) is 17.6 Å². The molecule has 0 radical (unpaired) electrons. The van der Waals surface area contributed by atoms with E-state index in [0.29, 0.717) is 30.5 Å². The second-order valence-corrected chi connectivity index (χ2v) is 10.5. The number of nitrogens with one attached hydrogen (secondary N) is 1. The van der Waals surface area contributed by atoms with E-state index in [4.69, 9.17) is 27.9 Å². The third-order valence-electron chi connectivity index (χ3n) is 4.75. The third-order valence-corrected chi connectivity index (χ3v) is 5.75. The zero-order valence-corrected chi connectivity index (χ0v) is 24.0. The highest BCUT2D eigenvalue weighted by Crippen LogP contribution is 2.27. The number of piperidine rings is 1. The Morgan fingerprint density at radius 1 is 1.00 bits per heavy atom. The van der Waals surface area contributed by atoms with Crippen molar-refractivity contribution < 1.29 is 41.4 Å². The highest BCUT2D eigenvalue weighted by atomic mass is 79.9. The van der Waals surface area contributed by atoms with E-state index in [2.05, 4.69) is 40.7 Å². The summed E-state index contributed by atoms with van der Waals surface area (Å²) in [4.78, 5) is 33.5. The Labute approximate surface area is 240 Å². The molecule has 0 saturated carbocycles. The molecule has 2 aromatic heterocycles. The van der Waals surface area contributed by atoms with Crippen LogP contribution >= 0.6 is 39.1 Å². The fraction of sp³-hybridized carbons (Fsp3) is 0.478. The summed E-state index contributed by atoms with van der Waals surface area (Å²) in [6.07, 6.45) is 3.00. The van der Waals surface area contributed by atoms with Crippen molar-refractivity contribution in [3.8, 4) is 11.5 Å². The standard InChI is InChI=1S/C17H22ClF2N3O4.C6H3BrClF2NO/c1-17(2,3)27-16(25)23-6-4-10(5-7-23)22-14(24)12-8-13(26-15(19)20)11(18)9-21-12;7-5-1-4(12-6(9)10)3(8)2-11-5/h8-10,15H,4-7H2,1-3H3,(H,22,24);1-2,6H. The number of pyridine rings is 2. The molecule has 1 N–H and O–H groups in total. The smallest absolute Gasteiger partial charge is 0.410 e. The first kappa shape index (κ1) is 32.6. The molecule has 1 aliphatic heterocycles. The summed E-state index contributed by atoms with van der Waals surface area (Å²) in [5.41, 5.74) is -0.648. The van der Waals surface area contributed by atoms with Crippen LogP contribution < -0.4 is 14.8 Å². The molecular weight excluding hydrogens is 639 g/mol. The Bertz CT molecular complexity index is 1140. The predicted molar refractivity (Wildman–Crippen MR) is 138 cm³/mol. The quantitative estimate of drug-likeness (QED) is 0.276. The first-order chi connectivity index (χ1) is 18.1. The Morgan fingerprint density at radius 2 is 1.51 bits per heavy atom. The molecule has 9 nitrogen and oxygen atoms in total. The minimum Gasteiger partial charge on any atom is -0.444 e. The van der Waals surface area contributed by atoms with Gasteiger partial charge < -0.3 is 24.4 Å². The van der Waals surface area contributed by atoms with Gasteiger partial charge >= 0.3 is 19.3 Å². The number of aromatic nitrogens is 2. The van der Waals surface area contributed by atoms with Crippen molar-refractivity contribution in [1.29, 1.82) is 0 Å². The van der Waals surface area contributed by atoms with Gasteiger partial charge in [-0.15, -0.1) is 0 Å². The summed E-state index contributed by atoms with van der Waals surface area (Å²) in [5, 5.41) is 2.72. The average molecular weight is 664 g/mol. The number of likely N-dealkylation sites (tertiary alicyclic amines) is 1. The van der Waals surface area contributed by atoms with E-state index >= 15 is 0 Å². The van der Waals surface area contributed by atoms with Crippen molar-refractivity contribution >= 4 is 51.1 Å². The van der Waals surface area contributed by atoms with Crippen LogP contribution in [0.5, 0.6) is 11.5 Å². The van der Waals surface area contributed by atoms with Gasteiger partial charge in [0.15, 0.2) is 0 Å². The Hall–Kier alpha value is -2.58. The molecule has 2 aromatic rings. The van der Waals surface area contributed by atoms with Crippen molar-refractivity contribution in [3.05, 3.63) is 44.9 Å². The molecule has 3 heterocycles. The van der Waals surface area contributed by atoms with Gasteiger partial charge in [-0.25, -0.2) is 14.8 Å². The monoisotopic (exact) mass is 662 g/mol. The second kappa shape index (κ2) is 14.7. The summed E-state index contributed by atoms with van der Waals surface area (Å²) in [7, 11) is 0. The zero-order valence-electron chi connectivity index (χ0n) is 20.9. The van der Waals surface area contributed by atoms with Crippen molar-refractivity contribution in [2.45, 2.75) is 58.5 Å². The van der Waals surface area contributed by atoms with Crippen LogP contribution in [0, 0.1) is 0 Å². The van der Waals surface area contributed by atoms with Gasteiger partial charge in [0.1, 0.15) is 37.4 Å². The summed E-state index contributed by atoms with van der Waals surface area (Å²) >= 11 is 14.2. The van der Waals surface area contributed by atoms with Gasteiger partial charge in [-0.3, -0.25) is 4.79 Å². The minimum atomic E-state index is -3.06. The first-order valence-electron chi connectivity index (χ1n) is 11.3. The number of halogens is 7. The summed E-state index contributed by atoms with van der Waals surface area (Å²) in [6.45, 7) is 0.325. The SMILES string of the molecule is CC(C)(C)OC(=O)N1CCC(NC(=O)c2cc(OC(F)F)c(Cl)cn2)CC1.FC(F)Oc1cc(Br)ncc1Cl. The zero-order chi connectivity index (χ0) is 29.3. The van der Waals surface area contributed by atoms with E-state index in [0.717, 1.165) is 12.3 Å². The molecule has 0 aliphatic carbocycles. The van der Waals surface area contributed by atoms with Crippen molar-refractivity contribution in [3.63, 3.8) is 0 Å². The first-order valence-corrected chi connectivity index (χ1v) is 12.8. The normalized spacial score (nSPS) is 14.0. The molecule has 1 fully saturated rings.